The summed E-state index contributed by atoms with van der Waals surface area (Å²) in [7, 11) is 0. The van der Waals surface area contributed by atoms with Gasteiger partial charge in [0.25, 0.3) is 11.6 Å². The second-order valence-corrected chi connectivity index (χ2v) is 6.59. The summed E-state index contributed by atoms with van der Waals surface area (Å²) in [5.74, 6) is 0.0198. The Labute approximate surface area is 158 Å². The van der Waals surface area contributed by atoms with Crippen molar-refractivity contribution in [1.29, 1.82) is 0 Å². The van der Waals surface area contributed by atoms with Crippen LogP contribution in [-0.4, -0.2) is 30.5 Å². The maximum absolute atomic E-state index is 12.1. The van der Waals surface area contributed by atoms with Gasteiger partial charge in [-0.05, 0) is 56.5 Å². The van der Waals surface area contributed by atoms with Gasteiger partial charge < -0.3 is 15.0 Å². The topological polar surface area (TPSA) is 84.7 Å². The number of rotatable bonds is 6. The highest BCUT2D eigenvalue weighted by Gasteiger charge is 2.15. The molecule has 0 bridgehead atoms. The molecule has 142 valence electrons. The first kappa shape index (κ1) is 18.7. The summed E-state index contributed by atoms with van der Waals surface area (Å²) in [6, 6.07) is 12.3. The van der Waals surface area contributed by atoms with Crippen molar-refractivity contribution in [2.45, 2.75) is 26.2 Å². The number of amides is 1. The van der Waals surface area contributed by atoms with E-state index in [-0.39, 0.29) is 18.2 Å². The number of hydrogen-bond donors (Lipinski definition) is 1. The van der Waals surface area contributed by atoms with Crippen LogP contribution in [0.2, 0.25) is 0 Å². The Bertz CT molecular complexity index is 814. The third-order valence-electron chi connectivity index (χ3n) is 4.68. The molecule has 1 N–H and O–H groups in total. The minimum absolute atomic E-state index is 0.0267. The van der Waals surface area contributed by atoms with E-state index in [1.54, 1.807) is 13.0 Å². The predicted molar refractivity (Wildman–Crippen MR) is 104 cm³/mol. The Morgan fingerprint density at radius 2 is 1.85 bits per heavy atom. The second kappa shape index (κ2) is 8.53. The molecule has 1 fully saturated rings. The Hall–Kier alpha value is -3.09. The molecule has 1 saturated heterocycles. The number of benzene rings is 2. The van der Waals surface area contributed by atoms with Gasteiger partial charge in [0.2, 0.25) is 0 Å². The molecule has 1 heterocycles. The number of carbonyl (C=O) groups excluding carboxylic acids is 1. The Kier molecular flexibility index (Phi) is 5.90. The van der Waals surface area contributed by atoms with Crippen LogP contribution in [0.25, 0.3) is 0 Å². The molecule has 7 heteroatoms. The molecule has 7 nitrogen and oxygen atoms in total. The molecule has 0 spiro atoms. The molecule has 3 rings (SSSR count). The molecule has 0 aliphatic carbocycles. The van der Waals surface area contributed by atoms with Gasteiger partial charge in [-0.1, -0.05) is 6.07 Å². The summed E-state index contributed by atoms with van der Waals surface area (Å²) >= 11 is 0. The van der Waals surface area contributed by atoms with Crippen LogP contribution in [-0.2, 0) is 4.79 Å². The summed E-state index contributed by atoms with van der Waals surface area (Å²) in [5, 5.41) is 13.7. The number of hydrogen-bond acceptors (Lipinski definition) is 5. The molecule has 27 heavy (non-hydrogen) atoms. The maximum Gasteiger partial charge on any atom is 0.276 e. The molecule has 0 unspecified atom stereocenters. The van der Waals surface area contributed by atoms with E-state index in [1.165, 1.54) is 31.4 Å². The minimum Gasteiger partial charge on any atom is -0.483 e. The largest absolute Gasteiger partial charge is 0.483 e. The van der Waals surface area contributed by atoms with Crippen LogP contribution in [0, 0.1) is 17.0 Å². The lowest BCUT2D eigenvalue weighted by Gasteiger charge is -2.28. The predicted octanol–water partition coefficient (Wildman–Crippen LogP) is 3.91. The number of piperidine rings is 1. The fourth-order valence-electron chi connectivity index (χ4n) is 3.21. The molecule has 0 atom stereocenters. The van der Waals surface area contributed by atoms with Crippen LogP contribution >= 0.6 is 0 Å². The molecule has 1 amide bonds. The maximum atomic E-state index is 12.1. The quantitative estimate of drug-likeness (QED) is 0.616. The van der Waals surface area contributed by atoms with Crippen molar-refractivity contribution in [3.8, 4) is 5.75 Å². The summed E-state index contributed by atoms with van der Waals surface area (Å²) in [5.41, 5.74) is 2.23. The van der Waals surface area contributed by atoms with Gasteiger partial charge in [-0.15, -0.1) is 0 Å². The Morgan fingerprint density at radius 3 is 2.52 bits per heavy atom. The smallest absolute Gasteiger partial charge is 0.276 e. The zero-order chi connectivity index (χ0) is 19.2. The minimum atomic E-state index is -0.466. The normalized spacial score (nSPS) is 13.9. The second-order valence-electron chi connectivity index (χ2n) is 6.59. The standard InChI is InChI=1S/C20H23N3O4/c1-15-18(23(25)26)6-5-7-19(15)27-14-20(24)21-16-8-10-17(11-9-16)22-12-3-2-4-13-22/h5-11H,2-4,12-14H2,1H3,(H,21,24). The van der Waals surface area contributed by atoms with E-state index in [0.717, 1.165) is 18.8 Å². The first-order chi connectivity index (χ1) is 13.0. The number of nitro benzene ring substituents is 1. The first-order valence-electron chi connectivity index (χ1n) is 9.06. The van der Waals surface area contributed by atoms with Gasteiger partial charge in [-0.2, -0.15) is 0 Å². The van der Waals surface area contributed by atoms with Crippen LogP contribution in [0.15, 0.2) is 42.5 Å². The molecular weight excluding hydrogens is 346 g/mol. The fourth-order valence-corrected chi connectivity index (χ4v) is 3.21. The number of nitro groups is 1. The highest BCUT2D eigenvalue weighted by atomic mass is 16.6. The molecule has 0 aromatic heterocycles. The van der Waals surface area contributed by atoms with Gasteiger partial charge in [-0.3, -0.25) is 14.9 Å². The average molecular weight is 369 g/mol. The van der Waals surface area contributed by atoms with E-state index >= 15 is 0 Å². The number of carbonyl (C=O) groups is 1. The average Bonchev–Trinajstić information content (AvgIpc) is 2.68. The first-order valence-corrected chi connectivity index (χ1v) is 9.06. The van der Waals surface area contributed by atoms with E-state index in [9.17, 15) is 14.9 Å². The zero-order valence-corrected chi connectivity index (χ0v) is 15.3. The van der Waals surface area contributed by atoms with Crippen LogP contribution in [0.4, 0.5) is 17.1 Å². The molecular formula is C20H23N3O4. The summed E-state index contributed by atoms with van der Waals surface area (Å²) in [4.78, 5) is 25.0. The zero-order valence-electron chi connectivity index (χ0n) is 15.3. The molecule has 0 saturated carbocycles. The van der Waals surface area contributed by atoms with Gasteiger partial charge in [-0.25, -0.2) is 0 Å². The van der Waals surface area contributed by atoms with Crippen molar-refractivity contribution < 1.29 is 14.5 Å². The van der Waals surface area contributed by atoms with Crippen molar-refractivity contribution in [1.82, 2.24) is 0 Å². The van der Waals surface area contributed by atoms with Crippen LogP contribution in [0.5, 0.6) is 5.75 Å². The van der Waals surface area contributed by atoms with Crippen LogP contribution < -0.4 is 15.0 Å². The molecule has 1 aliphatic rings. The molecule has 0 radical (unpaired) electrons. The highest BCUT2D eigenvalue weighted by Crippen LogP contribution is 2.27. The lowest BCUT2D eigenvalue weighted by Crippen LogP contribution is -2.29. The van der Waals surface area contributed by atoms with Gasteiger partial charge >= 0.3 is 0 Å². The molecule has 2 aromatic rings. The van der Waals surface area contributed by atoms with Crippen molar-refractivity contribution >= 4 is 23.0 Å². The Morgan fingerprint density at radius 1 is 1.15 bits per heavy atom. The monoisotopic (exact) mass is 369 g/mol. The number of ether oxygens (including phenoxy) is 1. The van der Waals surface area contributed by atoms with Crippen LogP contribution in [0.1, 0.15) is 24.8 Å². The van der Waals surface area contributed by atoms with Crippen molar-refractivity contribution in [3.05, 3.63) is 58.1 Å². The third-order valence-corrected chi connectivity index (χ3v) is 4.68. The molecule has 1 aliphatic heterocycles. The van der Waals surface area contributed by atoms with E-state index < -0.39 is 4.92 Å². The lowest BCUT2D eigenvalue weighted by atomic mass is 10.1. The highest BCUT2D eigenvalue weighted by molar-refractivity contribution is 5.92. The van der Waals surface area contributed by atoms with Crippen molar-refractivity contribution in [2.75, 3.05) is 29.9 Å². The van der Waals surface area contributed by atoms with Gasteiger partial charge in [0.15, 0.2) is 6.61 Å². The van der Waals surface area contributed by atoms with Crippen molar-refractivity contribution in [3.63, 3.8) is 0 Å². The van der Waals surface area contributed by atoms with E-state index in [0.29, 0.717) is 17.0 Å². The van der Waals surface area contributed by atoms with Gasteiger partial charge in [0.05, 0.1) is 10.5 Å². The fraction of sp³-hybridized carbons (Fsp3) is 0.350. The number of anilines is 2. The third kappa shape index (κ3) is 4.75. The van der Waals surface area contributed by atoms with E-state index in [4.69, 9.17) is 4.74 Å². The van der Waals surface area contributed by atoms with Gasteiger partial charge in [0.1, 0.15) is 5.75 Å². The van der Waals surface area contributed by atoms with Crippen molar-refractivity contribution in [2.24, 2.45) is 0 Å². The Balaban J connectivity index is 1.55. The lowest BCUT2D eigenvalue weighted by molar-refractivity contribution is -0.385. The summed E-state index contributed by atoms with van der Waals surface area (Å²) < 4.78 is 5.46. The van der Waals surface area contributed by atoms with Crippen LogP contribution in [0.3, 0.4) is 0 Å². The number of nitrogens with zero attached hydrogens (tertiary/aromatic N) is 2. The SMILES string of the molecule is Cc1c(OCC(=O)Nc2ccc(N3CCCCC3)cc2)cccc1[N+](=O)[O-]. The summed E-state index contributed by atoms with van der Waals surface area (Å²) in [6.45, 7) is 3.53. The van der Waals surface area contributed by atoms with E-state index in [2.05, 4.69) is 10.2 Å². The van der Waals surface area contributed by atoms with E-state index in [1.807, 2.05) is 24.3 Å². The van der Waals surface area contributed by atoms with Gasteiger partial charge in [0, 0.05) is 30.5 Å². The molecule has 2 aromatic carbocycles. The summed E-state index contributed by atoms with van der Waals surface area (Å²) in [6.07, 6.45) is 3.72. The number of nitrogens with one attached hydrogen (secondary N) is 1.